The van der Waals surface area contributed by atoms with Crippen molar-refractivity contribution < 1.29 is 0 Å². The van der Waals surface area contributed by atoms with Crippen molar-refractivity contribution in [1.82, 2.24) is 9.55 Å². The quantitative estimate of drug-likeness (QED) is 0.708. The van der Waals surface area contributed by atoms with Crippen LogP contribution in [0, 0.1) is 12.8 Å². The number of para-hydroxylation sites is 1. The van der Waals surface area contributed by atoms with Gasteiger partial charge in [-0.05, 0) is 37.3 Å². The Hall–Kier alpha value is -1.02. The lowest BCUT2D eigenvalue weighted by molar-refractivity contribution is 0.262. The molecule has 3 rings (SSSR count). The summed E-state index contributed by atoms with van der Waals surface area (Å²) < 4.78 is 2.43. The van der Waals surface area contributed by atoms with Gasteiger partial charge in [0.15, 0.2) is 0 Å². The van der Waals surface area contributed by atoms with Gasteiger partial charge in [-0.1, -0.05) is 38.3 Å². The summed E-state index contributed by atoms with van der Waals surface area (Å²) in [5, 5.41) is 0. The fraction of sp³-hybridized carbons (Fsp3) is 0.588. The van der Waals surface area contributed by atoms with Crippen molar-refractivity contribution in [3.05, 3.63) is 29.6 Å². The molecule has 1 saturated carbocycles. The van der Waals surface area contributed by atoms with E-state index in [1.807, 2.05) is 0 Å². The molecule has 2 nitrogen and oxygen atoms in total. The van der Waals surface area contributed by atoms with Crippen molar-refractivity contribution in [2.45, 2.75) is 57.9 Å². The molecule has 2 unspecified atom stereocenters. The highest BCUT2D eigenvalue weighted by Gasteiger charge is 2.25. The van der Waals surface area contributed by atoms with E-state index < -0.39 is 0 Å². The number of halogens is 1. The molecule has 1 aliphatic rings. The predicted octanol–water partition coefficient (Wildman–Crippen LogP) is 5.22. The number of aryl methyl sites for hydroxylation is 1. The van der Waals surface area contributed by atoms with Crippen LogP contribution in [-0.2, 0) is 5.88 Å². The van der Waals surface area contributed by atoms with E-state index in [1.54, 1.807) is 0 Å². The minimum absolute atomic E-state index is 0.501. The summed E-state index contributed by atoms with van der Waals surface area (Å²) in [6, 6.07) is 7.04. The van der Waals surface area contributed by atoms with Gasteiger partial charge in [0.1, 0.15) is 5.82 Å². The molecule has 20 heavy (non-hydrogen) atoms. The largest absolute Gasteiger partial charge is 0.324 e. The van der Waals surface area contributed by atoms with Crippen LogP contribution in [-0.4, -0.2) is 9.55 Å². The van der Waals surface area contributed by atoms with E-state index in [4.69, 9.17) is 16.6 Å². The standard InChI is InChI=1S/C17H23ClN2/c1-3-13-7-5-8-14(10-13)20-15-9-4-6-12(2)17(15)19-16(20)11-18/h4,6,9,13-14H,3,5,7-8,10-11H2,1-2H3. The van der Waals surface area contributed by atoms with E-state index in [9.17, 15) is 0 Å². The fourth-order valence-corrected chi connectivity index (χ4v) is 3.86. The summed E-state index contributed by atoms with van der Waals surface area (Å²) in [4.78, 5) is 4.79. The SMILES string of the molecule is CCC1CCCC(n2c(CCl)nc3c(C)cccc32)C1. The van der Waals surface area contributed by atoms with Crippen LogP contribution < -0.4 is 0 Å². The van der Waals surface area contributed by atoms with Gasteiger partial charge in [0.05, 0.1) is 16.9 Å². The van der Waals surface area contributed by atoms with E-state index in [0.717, 1.165) is 17.3 Å². The second kappa shape index (κ2) is 5.77. The van der Waals surface area contributed by atoms with Crippen LogP contribution >= 0.6 is 11.6 Å². The van der Waals surface area contributed by atoms with Crippen LogP contribution in [0.5, 0.6) is 0 Å². The van der Waals surface area contributed by atoms with Crippen LogP contribution in [0.15, 0.2) is 18.2 Å². The van der Waals surface area contributed by atoms with E-state index >= 15 is 0 Å². The molecule has 0 N–H and O–H groups in total. The fourth-order valence-electron chi connectivity index (χ4n) is 3.67. The second-order valence-electron chi connectivity index (χ2n) is 6.07. The summed E-state index contributed by atoms with van der Waals surface area (Å²) >= 11 is 6.16. The minimum atomic E-state index is 0.501. The summed E-state index contributed by atoms with van der Waals surface area (Å²) in [6.45, 7) is 4.44. The Bertz CT molecular complexity index is 602. The first-order valence-corrected chi connectivity index (χ1v) is 8.30. The van der Waals surface area contributed by atoms with E-state index in [-0.39, 0.29) is 0 Å². The maximum absolute atomic E-state index is 6.16. The van der Waals surface area contributed by atoms with Gasteiger partial charge in [0, 0.05) is 6.04 Å². The zero-order valence-corrected chi connectivity index (χ0v) is 13.2. The van der Waals surface area contributed by atoms with Gasteiger partial charge in [-0.3, -0.25) is 0 Å². The minimum Gasteiger partial charge on any atom is -0.324 e. The summed E-state index contributed by atoms with van der Waals surface area (Å²) in [5.41, 5.74) is 3.64. The average molecular weight is 291 g/mol. The molecule has 3 heteroatoms. The molecule has 2 atom stereocenters. The number of fused-ring (bicyclic) bond motifs is 1. The summed E-state index contributed by atoms with van der Waals surface area (Å²) in [5.74, 6) is 2.40. The molecule has 1 fully saturated rings. The topological polar surface area (TPSA) is 17.8 Å². The zero-order chi connectivity index (χ0) is 14.1. The average Bonchev–Trinajstić information content (AvgIpc) is 2.87. The Morgan fingerprint density at radius 3 is 2.95 bits per heavy atom. The third-order valence-electron chi connectivity index (χ3n) is 4.81. The molecule has 0 amide bonds. The number of hydrogen-bond acceptors (Lipinski definition) is 1. The van der Waals surface area contributed by atoms with Crippen molar-refractivity contribution in [2.24, 2.45) is 5.92 Å². The third-order valence-corrected chi connectivity index (χ3v) is 5.05. The van der Waals surface area contributed by atoms with Crippen molar-refractivity contribution in [3.63, 3.8) is 0 Å². The highest BCUT2D eigenvalue weighted by Crippen LogP contribution is 2.37. The zero-order valence-electron chi connectivity index (χ0n) is 12.4. The van der Waals surface area contributed by atoms with Crippen molar-refractivity contribution in [2.75, 3.05) is 0 Å². The molecule has 108 valence electrons. The first-order chi connectivity index (χ1) is 9.74. The lowest BCUT2D eigenvalue weighted by Gasteiger charge is -2.30. The Morgan fingerprint density at radius 1 is 1.35 bits per heavy atom. The number of alkyl halides is 1. The number of hydrogen-bond donors (Lipinski definition) is 0. The van der Waals surface area contributed by atoms with Crippen molar-refractivity contribution in [3.8, 4) is 0 Å². The number of rotatable bonds is 3. The molecule has 0 bridgehead atoms. The smallest absolute Gasteiger partial charge is 0.125 e. The van der Waals surface area contributed by atoms with Crippen molar-refractivity contribution >= 4 is 22.6 Å². The van der Waals surface area contributed by atoms with Gasteiger partial charge in [-0.15, -0.1) is 11.6 Å². The van der Waals surface area contributed by atoms with Gasteiger partial charge in [0.25, 0.3) is 0 Å². The van der Waals surface area contributed by atoms with Gasteiger partial charge in [-0.2, -0.15) is 0 Å². The Labute approximate surface area is 126 Å². The van der Waals surface area contributed by atoms with Gasteiger partial charge in [-0.25, -0.2) is 4.98 Å². The van der Waals surface area contributed by atoms with Crippen LogP contribution in [0.2, 0.25) is 0 Å². The molecule has 1 aromatic heterocycles. The monoisotopic (exact) mass is 290 g/mol. The molecule has 1 heterocycles. The Morgan fingerprint density at radius 2 is 2.20 bits per heavy atom. The molecule has 0 spiro atoms. The maximum atomic E-state index is 6.16. The van der Waals surface area contributed by atoms with Crippen LogP contribution in [0.1, 0.15) is 56.5 Å². The van der Waals surface area contributed by atoms with Crippen molar-refractivity contribution in [1.29, 1.82) is 0 Å². The number of benzene rings is 1. The Kier molecular flexibility index (Phi) is 4.02. The second-order valence-corrected chi connectivity index (χ2v) is 6.34. The molecular weight excluding hydrogens is 268 g/mol. The maximum Gasteiger partial charge on any atom is 0.125 e. The molecule has 2 aromatic rings. The predicted molar refractivity (Wildman–Crippen MR) is 85.3 cm³/mol. The molecule has 0 aliphatic heterocycles. The Balaban J connectivity index is 2.07. The number of imidazole rings is 1. The van der Waals surface area contributed by atoms with E-state index in [2.05, 4.69) is 36.6 Å². The number of aromatic nitrogens is 2. The molecular formula is C17H23ClN2. The van der Waals surface area contributed by atoms with E-state index in [0.29, 0.717) is 11.9 Å². The summed E-state index contributed by atoms with van der Waals surface area (Å²) in [7, 11) is 0. The highest BCUT2D eigenvalue weighted by atomic mass is 35.5. The third kappa shape index (κ3) is 2.35. The van der Waals surface area contributed by atoms with Gasteiger partial charge < -0.3 is 4.57 Å². The van der Waals surface area contributed by atoms with Crippen LogP contribution in [0.25, 0.3) is 11.0 Å². The lowest BCUT2D eigenvalue weighted by atomic mass is 9.84. The van der Waals surface area contributed by atoms with Gasteiger partial charge in [0.2, 0.25) is 0 Å². The molecule has 1 aliphatic carbocycles. The van der Waals surface area contributed by atoms with E-state index in [1.165, 1.54) is 43.2 Å². The first kappa shape index (κ1) is 13.9. The lowest BCUT2D eigenvalue weighted by Crippen LogP contribution is -2.20. The molecule has 0 radical (unpaired) electrons. The van der Waals surface area contributed by atoms with Crippen LogP contribution in [0.4, 0.5) is 0 Å². The first-order valence-electron chi connectivity index (χ1n) is 7.77. The highest BCUT2D eigenvalue weighted by molar-refractivity contribution is 6.16. The van der Waals surface area contributed by atoms with Crippen LogP contribution in [0.3, 0.4) is 0 Å². The number of nitrogens with zero attached hydrogens (tertiary/aromatic N) is 2. The molecule has 0 saturated heterocycles. The normalized spacial score (nSPS) is 23.4. The van der Waals surface area contributed by atoms with Gasteiger partial charge >= 0.3 is 0 Å². The summed E-state index contributed by atoms with van der Waals surface area (Å²) in [6.07, 6.45) is 6.54. The molecule has 1 aromatic carbocycles.